The van der Waals surface area contributed by atoms with Crippen LogP contribution in [0.1, 0.15) is 34.7 Å². The third kappa shape index (κ3) is 4.28. The van der Waals surface area contributed by atoms with Crippen molar-refractivity contribution in [3.05, 3.63) is 69.8 Å². The number of benzene rings is 2. The van der Waals surface area contributed by atoms with Crippen molar-refractivity contribution in [1.82, 2.24) is 5.32 Å². The molecule has 2 aromatic rings. The molecule has 1 heterocycles. The molecule has 1 amide bonds. The van der Waals surface area contributed by atoms with Crippen molar-refractivity contribution in [2.24, 2.45) is 0 Å². The van der Waals surface area contributed by atoms with E-state index in [1.807, 2.05) is 4.90 Å². The normalized spacial score (nSPS) is 14.5. The molecule has 0 aromatic heterocycles. The topological polar surface area (TPSA) is 113 Å². The number of nitro benzene ring substituents is 1. The van der Waals surface area contributed by atoms with Crippen molar-refractivity contribution in [2.45, 2.75) is 18.8 Å². The highest BCUT2D eigenvalue weighted by Gasteiger charge is 2.25. The lowest BCUT2D eigenvalue weighted by molar-refractivity contribution is -0.384. The van der Waals surface area contributed by atoms with Gasteiger partial charge in [-0.15, -0.1) is 0 Å². The van der Waals surface area contributed by atoms with Gasteiger partial charge in [-0.3, -0.25) is 19.7 Å². The Kier molecular flexibility index (Phi) is 5.88. The van der Waals surface area contributed by atoms with Crippen molar-refractivity contribution >= 4 is 23.3 Å². The number of hydrogen-bond donors (Lipinski definition) is 2. The van der Waals surface area contributed by atoms with Crippen molar-refractivity contribution in [2.75, 3.05) is 24.5 Å². The van der Waals surface area contributed by atoms with E-state index in [0.717, 1.165) is 25.9 Å². The molecule has 3 rings (SSSR count). The monoisotopic (exact) mass is 383 g/mol. The Labute approximate surface area is 161 Å². The van der Waals surface area contributed by atoms with E-state index in [0.29, 0.717) is 11.3 Å². The van der Waals surface area contributed by atoms with Gasteiger partial charge in [-0.2, -0.15) is 0 Å². The summed E-state index contributed by atoms with van der Waals surface area (Å²) in [5, 5.41) is 23.5. The standard InChI is InChI=1S/C20H21N3O5/c24-19(21-13-16(20(25)26)14-6-2-1-3-7-14)15-8-9-17(18(12-15)23(27)28)22-10-4-5-11-22/h1-3,6-9,12,16H,4-5,10-11,13H2,(H,21,24)(H,25,26). The summed E-state index contributed by atoms with van der Waals surface area (Å²) >= 11 is 0. The molecule has 0 bridgehead atoms. The predicted octanol–water partition coefficient (Wildman–Crippen LogP) is 2.79. The number of amides is 1. The van der Waals surface area contributed by atoms with Gasteiger partial charge < -0.3 is 15.3 Å². The molecule has 1 unspecified atom stereocenters. The highest BCUT2D eigenvalue weighted by Crippen LogP contribution is 2.31. The third-order valence-corrected chi connectivity index (χ3v) is 4.85. The summed E-state index contributed by atoms with van der Waals surface area (Å²) in [5.74, 6) is -2.50. The van der Waals surface area contributed by atoms with Gasteiger partial charge in [0, 0.05) is 31.3 Å². The fraction of sp³-hybridized carbons (Fsp3) is 0.300. The van der Waals surface area contributed by atoms with Gasteiger partial charge in [-0.25, -0.2) is 0 Å². The number of aliphatic carboxylic acids is 1. The van der Waals surface area contributed by atoms with Crippen LogP contribution in [0.15, 0.2) is 48.5 Å². The number of carbonyl (C=O) groups excluding carboxylic acids is 1. The molecule has 2 N–H and O–H groups in total. The van der Waals surface area contributed by atoms with Gasteiger partial charge >= 0.3 is 5.97 Å². The van der Waals surface area contributed by atoms with Crippen LogP contribution in [-0.2, 0) is 4.79 Å². The minimum atomic E-state index is -1.05. The molecule has 1 aliphatic heterocycles. The predicted molar refractivity (Wildman–Crippen MR) is 104 cm³/mol. The van der Waals surface area contributed by atoms with Crippen LogP contribution in [0, 0.1) is 10.1 Å². The molecular formula is C20H21N3O5. The molecule has 1 atom stereocenters. The smallest absolute Gasteiger partial charge is 0.312 e. The summed E-state index contributed by atoms with van der Waals surface area (Å²) in [6.07, 6.45) is 1.96. The number of anilines is 1. The van der Waals surface area contributed by atoms with Gasteiger partial charge in [0.05, 0.1) is 10.8 Å². The van der Waals surface area contributed by atoms with Crippen molar-refractivity contribution in [1.29, 1.82) is 0 Å². The van der Waals surface area contributed by atoms with Crippen LogP contribution in [0.3, 0.4) is 0 Å². The Morgan fingerprint density at radius 3 is 2.43 bits per heavy atom. The van der Waals surface area contributed by atoms with E-state index < -0.39 is 22.7 Å². The zero-order chi connectivity index (χ0) is 20.1. The van der Waals surface area contributed by atoms with Crippen molar-refractivity contribution < 1.29 is 19.6 Å². The molecule has 8 heteroatoms. The van der Waals surface area contributed by atoms with Crippen LogP contribution in [-0.4, -0.2) is 41.5 Å². The van der Waals surface area contributed by atoms with E-state index in [4.69, 9.17) is 0 Å². The number of carboxylic acids is 1. The first-order chi connectivity index (χ1) is 13.5. The summed E-state index contributed by atoms with van der Waals surface area (Å²) in [6.45, 7) is 1.40. The minimum Gasteiger partial charge on any atom is -0.481 e. The largest absolute Gasteiger partial charge is 0.481 e. The quantitative estimate of drug-likeness (QED) is 0.561. The molecule has 2 aromatic carbocycles. The van der Waals surface area contributed by atoms with Crippen LogP contribution >= 0.6 is 0 Å². The Balaban J connectivity index is 1.75. The lowest BCUT2D eigenvalue weighted by Gasteiger charge is -2.18. The number of carboxylic acid groups (broad SMARTS) is 1. The van der Waals surface area contributed by atoms with E-state index in [2.05, 4.69) is 5.32 Å². The molecule has 1 saturated heterocycles. The second-order valence-electron chi connectivity index (χ2n) is 6.67. The van der Waals surface area contributed by atoms with Gasteiger partial charge in [0.2, 0.25) is 0 Å². The maximum Gasteiger partial charge on any atom is 0.312 e. The summed E-state index contributed by atoms with van der Waals surface area (Å²) in [7, 11) is 0. The van der Waals surface area contributed by atoms with E-state index in [1.54, 1.807) is 36.4 Å². The molecule has 0 spiro atoms. The van der Waals surface area contributed by atoms with Gasteiger partial charge in [0.25, 0.3) is 11.6 Å². The first-order valence-corrected chi connectivity index (χ1v) is 9.06. The Morgan fingerprint density at radius 1 is 1.14 bits per heavy atom. The zero-order valence-electron chi connectivity index (χ0n) is 15.2. The van der Waals surface area contributed by atoms with Crippen LogP contribution in [0.4, 0.5) is 11.4 Å². The van der Waals surface area contributed by atoms with Gasteiger partial charge in [0.1, 0.15) is 5.69 Å². The van der Waals surface area contributed by atoms with Crippen molar-refractivity contribution in [3.63, 3.8) is 0 Å². The number of nitrogens with zero attached hydrogens (tertiary/aromatic N) is 2. The van der Waals surface area contributed by atoms with Crippen molar-refractivity contribution in [3.8, 4) is 0 Å². The molecule has 0 saturated carbocycles. The lowest BCUT2D eigenvalue weighted by atomic mass is 9.99. The van der Waals surface area contributed by atoms with Gasteiger partial charge in [-0.05, 0) is 30.5 Å². The van der Waals surface area contributed by atoms with E-state index >= 15 is 0 Å². The molecule has 0 radical (unpaired) electrons. The first-order valence-electron chi connectivity index (χ1n) is 9.06. The molecule has 8 nitrogen and oxygen atoms in total. The van der Waals surface area contributed by atoms with E-state index in [-0.39, 0.29) is 17.8 Å². The summed E-state index contributed by atoms with van der Waals surface area (Å²) in [4.78, 5) is 36.9. The van der Waals surface area contributed by atoms with Crippen LogP contribution < -0.4 is 10.2 Å². The average Bonchev–Trinajstić information content (AvgIpc) is 3.22. The van der Waals surface area contributed by atoms with Crippen LogP contribution in [0.5, 0.6) is 0 Å². The number of rotatable bonds is 7. The summed E-state index contributed by atoms with van der Waals surface area (Å²) in [5.41, 5.74) is 1.09. The van der Waals surface area contributed by atoms with E-state index in [1.165, 1.54) is 12.1 Å². The number of nitro groups is 1. The molecule has 0 aliphatic carbocycles. The highest BCUT2D eigenvalue weighted by atomic mass is 16.6. The number of hydrogen-bond acceptors (Lipinski definition) is 5. The van der Waals surface area contributed by atoms with Gasteiger partial charge in [0.15, 0.2) is 0 Å². The third-order valence-electron chi connectivity index (χ3n) is 4.85. The lowest BCUT2D eigenvalue weighted by Crippen LogP contribution is -2.31. The Hall–Kier alpha value is -3.42. The summed E-state index contributed by atoms with van der Waals surface area (Å²) < 4.78 is 0. The second kappa shape index (κ2) is 8.51. The molecule has 146 valence electrons. The number of nitrogens with one attached hydrogen (secondary N) is 1. The van der Waals surface area contributed by atoms with Crippen LogP contribution in [0.25, 0.3) is 0 Å². The highest BCUT2D eigenvalue weighted by molar-refractivity contribution is 5.96. The molecule has 1 aliphatic rings. The van der Waals surface area contributed by atoms with Crippen LogP contribution in [0.2, 0.25) is 0 Å². The molecule has 1 fully saturated rings. The second-order valence-corrected chi connectivity index (χ2v) is 6.67. The summed E-state index contributed by atoms with van der Waals surface area (Å²) in [6, 6.07) is 13.0. The Morgan fingerprint density at radius 2 is 1.82 bits per heavy atom. The van der Waals surface area contributed by atoms with E-state index in [9.17, 15) is 24.8 Å². The minimum absolute atomic E-state index is 0.111. The molecule has 28 heavy (non-hydrogen) atoms. The maximum absolute atomic E-state index is 12.5. The maximum atomic E-state index is 12.5. The fourth-order valence-corrected chi connectivity index (χ4v) is 3.37. The molecular weight excluding hydrogens is 362 g/mol. The first kappa shape index (κ1) is 19.3. The van der Waals surface area contributed by atoms with Gasteiger partial charge in [-0.1, -0.05) is 30.3 Å². The Bertz CT molecular complexity index is 879. The average molecular weight is 383 g/mol. The SMILES string of the molecule is O=C(NCC(C(=O)O)c1ccccc1)c1ccc(N2CCCC2)c([N+](=O)[O-])c1. The zero-order valence-corrected chi connectivity index (χ0v) is 15.2. The fourth-order valence-electron chi connectivity index (χ4n) is 3.37. The number of carbonyl (C=O) groups is 2.